The lowest BCUT2D eigenvalue weighted by molar-refractivity contribution is 0.184. The minimum Gasteiger partial charge on any atom is -0.383 e. The van der Waals surface area contributed by atoms with Crippen molar-refractivity contribution in [3.8, 4) is 0 Å². The van der Waals surface area contributed by atoms with E-state index < -0.39 is 0 Å². The summed E-state index contributed by atoms with van der Waals surface area (Å²) in [6.07, 6.45) is 6.14. The van der Waals surface area contributed by atoms with Crippen molar-refractivity contribution in [2.45, 2.75) is 37.8 Å². The van der Waals surface area contributed by atoms with E-state index in [1.165, 1.54) is 12.8 Å². The minimum absolute atomic E-state index is 0.260. The first-order valence-corrected chi connectivity index (χ1v) is 5.42. The van der Waals surface area contributed by atoms with Gasteiger partial charge in [0.15, 0.2) is 5.82 Å². The molecular weight excluding hydrogens is 192 g/mol. The van der Waals surface area contributed by atoms with E-state index in [1.54, 1.807) is 13.4 Å². The van der Waals surface area contributed by atoms with Crippen molar-refractivity contribution in [3.05, 3.63) is 12.2 Å². The van der Waals surface area contributed by atoms with Gasteiger partial charge in [-0.25, -0.2) is 0 Å². The molecule has 84 valence electrons. The molecule has 1 aromatic rings. The van der Waals surface area contributed by atoms with E-state index in [1.807, 2.05) is 4.57 Å². The van der Waals surface area contributed by atoms with Crippen molar-refractivity contribution in [1.29, 1.82) is 0 Å². The standard InChI is InChI=1S/C10H18N4O/c1-15-7-6-14-8-12-13-9(14)10(11)4-2-3-5-10/h8H,2-7,11H2,1H3. The van der Waals surface area contributed by atoms with Gasteiger partial charge in [-0.1, -0.05) is 12.8 Å². The largest absolute Gasteiger partial charge is 0.383 e. The molecule has 2 rings (SSSR count). The zero-order valence-electron chi connectivity index (χ0n) is 9.15. The van der Waals surface area contributed by atoms with Crippen LogP contribution in [0.25, 0.3) is 0 Å². The van der Waals surface area contributed by atoms with Gasteiger partial charge in [0.2, 0.25) is 0 Å². The van der Waals surface area contributed by atoms with Gasteiger partial charge >= 0.3 is 0 Å². The highest BCUT2D eigenvalue weighted by Gasteiger charge is 2.35. The fraction of sp³-hybridized carbons (Fsp3) is 0.800. The van der Waals surface area contributed by atoms with Crippen LogP contribution < -0.4 is 5.73 Å². The van der Waals surface area contributed by atoms with E-state index in [0.29, 0.717) is 6.61 Å². The molecule has 2 N–H and O–H groups in total. The average molecular weight is 210 g/mol. The van der Waals surface area contributed by atoms with Crippen LogP contribution in [0, 0.1) is 0 Å². The number of rotatable bonds is 4. The second-order valence-electron chi connectivity index (χ2n) is 4.20. The third-order valence-electron chi connectivity index (χ3n) is 3.09. The van der Waals surface area contributed by atoms with Crippen LogP contribution in [0.5, 0.6) is 0 Å². The van der Waals surface area contributed by atoms with Crippen molar-refractivity contribution in [2.75, 3.05) is 13.7 Å². The quantitative estimate of drug-likeness (QED) is 0.792. The Morgan fingerprint density at radius 3 is 2.93 bits per heavy atom. The summed E-state index contributed by atoms with van der Waals surface area (Å²) in [4.78, 5) is 0. The van der Waals surface area contributed by atoms with E-state index in [2.05, 4.69) is 10.2 Å². The molecule has 1 saturated carbocycles. The highest BCUT2D eigenvalue weighted by molar-refractivity contribution is 5.07. The average Bonchev–Trinajstić information content (AvgIpc) is 2.84. The first-order chi connectivity index (χ1) is 7.26. The molecular formula is C10H18N4O. The first kappa shape index (κ1) is 10.6. The Kier molecular flexibility index (Phi) is 3.02. The minimum atomic E-state index is -0.260. The number of hydrogen-bond donors (Lipinski definition) is 1. The lowest BCUT2D eigenvalue weighted by atomic mass is 9.98. The van der Waals surface area contributed by atoms with Crippen LogP contribution in [-0.4, -0.2) is 28.5 Å². The van der Waals surface area contributed by atoms with Crippen LogP contribution in [0.1, 0.15) is 31.5 Å². The van der Waals surface area contributed by atoms with Crippen LogP contribution in [0.3, 0.4) is 0 Å². The Labute approximate surface area is 89.6 Å². The molecule has 1 aliphatic carbocycles. The molecule has 0 aliphatic heterocycles. The normalized spacial score (nSPS) is 19.6. The Hall–Kier alpha value is -0.940. The predicted molar refractivity (Wildman–Crippen MR) is 56.2 cm³/mol. The monoisotopic (exact) mass is 210 g/mol. The summed E-state index contributed by atoms with van der Waals surface area (Å²) in [5, 5.41) is 8.10. The summed E-state index contributed by atoms with van der Waals surface area (Å²) in [7, 11) is 1.69. The molecule has 0 spiro atoms. The molecule has 15 heavy (non-hydrogen) atoms. The van der Waals surface area contributed by atoms with Gasteiger partial charge in [0, 0.05) is 13.7 Å². The zero-order valence-corrected chi connectivity index (χ0v) is 9.15. The molecule has 5 nitrogen and oxygen atoms in total. The zero-order chi connectivity index (χ0) is 10.7. The van der Waals surface area contributed by atoms with Gasteiger partial charge < -0.3 is 15.0 Å². The Balaban J connectivity index is 2.16. The molecule has 0 bridgehead atoms. The number of nitrogens with two attached hydrogens (primary N) is 1. The highest BCUT2D eigenvalue weighted by atomic mass is 16.5. The number of hydrogen-bond acceptors (Lipinski definition) is 4. The van der Waals surface area contributed by atoms with Gasteiger partial charge in [0.1, 0.15) is 6.33 Å². The lowest BCUT2D eigenvalue weighted by Crippen LogP contribution is -2.36. The van der Waals surface area contributed by atoms with Crippen LogP contribution in [0.2, 0.25) is 0 Å². The van der Waals surface area contributed by atoms with Crippen molar-refractivity contribution >= 4 is 0 Å². The Bertz CT molecular complexity index is 317. The number of aromatic nitrogens is 3. The van der Waals surface area contributed by atoms with Crippen molar-refractivity contribution in [1.82, 2.24) is 14.8 Å². The molecule has 1 aliphatic rings. The second-order valence-corrected chi connectivity index (χ2v) is 4.20. The predicted octanol–water partition coefficient (Wildman–Crippen LogP) is 0.652. The SMILES string of the molecule is COCCn1cnnc1C1(N)CCCC1. The van der Waals surface area contributed by atoms with E-state index in [-0.39, 0.29) is 5.54 Å². The molecule has 0 aromatic carbocycles. The molecule has 0 amide bonds. The number of nitrogens with zero attached hydrogens (tertiary/aromatic N) is 3. The lowest BCUT2D eigenvalue weighted by Gasteiger charge is -2.22. The van der Waals surface area contributed by atoms with Gasteiger partial charge in [-0.05, 0) is 12.8 Å². The molecule has 1 fully saturated rings. The van der Waals surface area contributed by atoms with Gasteiger partial charge in [-0.3, -0.25) is 0 Å². The van der Waals surface area contributed by atoms with Gasteiger partial charge in [-0.15, -0.1) is 10.2 Å². The Morgan fingerprint density at radius 1 is 1.53 bits per heavy atom. The first-order valence-electron chi connectivity index (χ1n) is 5.42. The topological polar surface area (TPSA) is 66.0 Å². The fourth-order valence-electron chi connectivity index (χ4n) is 2.22. The summed E-state index contributed by atoms with van der Waals surface area (Å²) in [6, 6.07) is 0. The number of ether oxygens (including phenoxy) is 1. The molecule has 0 saturated heterocycles. The summed E-state index contributed by atoms with van der Waals surface area (Å²) in [5.41, 5.74) is 6.07. The van der Waals surface area contributed by atoms with Crippen molar-refractivity contribution in [3.63, 3.8) is 0 Å². The number of methoxy groups -OCH3 is 1. The summed E-state index contributed by atoms with van der Waals surface area (Å²) in [6.45, 7) is 1.44. The van der Waals surface area contributed by atoms with Gasteiger partial charge in [-0.2, -0.15) is 0 Å². The van der Waals surface area contributed by atoms with E-state index in [4.69, 9.17) is 10.5 Å². The summed E-state index contributed by atoms with van der Waals surface area (Å²) >= 11 is 0. The van der Waals surface area contributed by atoms with Crippen LogP contribution >= 0.6 is 0 Å². The maximum absolute atomic E-state index is 6.33. The van der Waals surface area contributed by atoms with Crippen LogP contribution in [0.15, 0.2) is 6.33 Å². The molecule has 1 heterocycles. The molecule has 0 atom stereocenters. The van der Waals surface area contributed by atoms with Crippen molar-refractivity contribution < 1.29 is 4.74 Å². The van der Waals surface area contributed by atoms with E-state index in [0.717, 1.165) is 25.2 Å². The fourth-order valence-corrected chi connectivity index (χ4v) is 2.22. The third-order valence-corrected chi connectivity index (χ3v) is 3.09. The smallest absolute Gasteiger partial charge is 0.153 e. The highest BCUT2D eigenvalue weighted by Crippen LogP contribution is 2.34. The van der Waals surface area contributed by atoms with E-state index in [9.17, 15) is 0 Å². The van der Waals surface area contributed by atoms with Gasteiger partial charge in [0.05, 0.1) is 12.1 Å². The van der Waals surface area contributed by atoms with E-state index >= 15 is 0 Å². The van der Waals surface area contributed by atoms with Crippen LogP contribution in [0.4, 0.5) is 0 Å². The molecule has 0 radical (unpaired) electrons. The molecule has 0 unspecified atom stereocenters. The van der Waals surface area contributed by atoms with Crippen LogP contribution in [-0.2, 0) is 16.8 Å². The second kappa shape index (κ2) is 4.28. The van der Waals surface area contributed by atoms with Crippen molar-refractivity contribution in [2.24, 2.45) is 5.73 Å². The third kappa shape index (κ3) is 2.03. The summed E-state index contributed by atoms with van der Waals surface area (Å²) in [5.74, 6) is 0.914. The summed E-state index contributed by atoms with van der Waals surface area (Å²) < 4.78 is 7.06. The maximum atomic E-state index is 6.33. The molecule has 5 heteroatoms. The maximum Gasteiger partial charge on any atom is 0.153 e. The van der Waals surface area contributed by atoms with Gasteiger partial charge in [0.25, 0.3) is 0 Å². The Morgan fingerprint density at radius 2 is 2.27 bits per heavy atom. The molecule has 1 aromatic heterocycles.